The smallest absolute Gasteiger partial charge is 0.319 e. The molecule has 118 valence electrons. The Hall–Kier alpha value is -1.14. The van der Waals surface area contributed by atoms with Gasteiger partial charge in [0.15, 0.2) is 0 Å². The van der Waals surface area contributed by atoms with E-state index in [9.17, 15) is 4.79 Å². The van der Waals surface area contributed by atoms with Crippen molar-refractivity contribution in [3.8, 4) is 0 Å². The zero-order chi connectivity index (χ0) is 15.4. The lowest BCUT2D eigenvalue weighted by atomic mass is 10.0. The molecule has 1 fully saturated rings. The second-order valence-corrected chi connectivity index (χ2v) is 6.99. The van der Waals surface area contributed by atoms with Gasteiger partial charge in [-0.2, -0.15) is 0 Å². The maximum Gasteiger partial charge on any atom is 0.319 e. The lowest BCUT2D eigenvalue weighted by Gasteiger charge is -2.35. The number of amides is 2. The molecule has 1 atom stereocenters. The van der Waals surface area contributed by atoms with Crippen LogP contribution in [-0.2, 0) is 6.42 Å². The number of piperidine rings is 1. The quantitative estimate of drug-likeness (QED) is 0.929. The zero-order valence-corrected chi connectivity index (χ0v) is 14.2. The lowest BCUT2D eigenvalue weighted by Crippen LogP contribution is -2.48. The minimum atomic E-state index is 0.119. The van der Waals surface area contributed by atoms with E-state index in [-0.39, 0.29) is 12.1 Å². The number of nitrogens with one attached hydrogen (secondary N) is 1. The first-order chi connectivity index (χ1) is 10.0. The van der Waals surface area contributed by atoms with Crippen LogP contribution in [0.2, 0.25) is 0 Å². The van der Waals surface area contributed by atoms with Crippen molar-refractivity contribution in [1.29, 1.82) is 0 Å². The molecule has 2 rings (SSSR count). The summed E-state index contributed by atoms with van der Waals surface area (Å²) in [5.41, 5.74) is 0. The molecule has 1 saturated heterocycles. The number of urea groups is 1. The maximum absolute atomic E-state index is 11.9. The first-order valence-corrected chi connectivity index (χ1v) is 8.49. The Bertz CT molecular complexity index is 466. The second-order valence-electron chi connectivity index (χ2n) is 5.85. The molecule has 6 heteroatoms. The molecule has 0 spiro atoms. The van der Waals surface area contributed by atoms with Crippen LogP contribution in [0.5, 0.6) is 0 Å². The molecule has 0 saturated carbocycles. The van der Waals surface area contributed by atoms with Crippen molar-refractivity contribution in [3.05, 3.63) is 16.1 Å². The summed E-state index contributed by atoms with van der Waals surface area (Å²) in [5.74, 6) is 0. The van der Waals surface area contributed by atoms with Crippen LogP contribution in [0.4, 0.5) is 4.79 Å². The monoisotopic (exact) mass is 310 g/mol. The molecule has 1 aromatic rings. The molecule has 1 aliphatic rings. The van der Waals surface area contributed by atoms with E-state index in [1.165, 1.54) is 9.88 Å². The first-order valence-electron chi connectivity index (χ1n) is 7.68. The van der Waals surface area contributed by atoms with E-state index in [4.69, 9.17) is 0 Å². The molecular formula is C15H26N4OS. The fourth-order valence-corrected chi connectivity index (χ4v) is 3.50. The van der Waals surface area contributed by atoms with E-state index in [1.54, 1.807) is 16.2 Å². The Morgan fingerprint density at radius 1 is 1.52 bits per heavy atom. The highest BCUT2D eigenvalue weighted by Gasteiger charge is 2.25. The molecule has 0 bridgehead atoms. The molecule has 0 aromatic carbocycles. The van der Waals surface area contributed by atoms with E-state index in [2.05, 4.69) is 24.1 Å². The zero-order valence-electron chi connectivity index (χ0n) is 13.4. The van der Waals surface area contributed by atoms with Crippen molar-refractivity contribution in [2.45, 2.75) is 45.2 Å². The Morgan fingerprint density at radius 3 is 2.71 bits per heavy atom. The van der Waals surface area contributed by atoms with Gasteiger partial charge in [-0.25, -0.2) is 9.78 Å². The van der Waals surface area contributed by atoms with Crippen molar-refractivity contribution in [1.82, 2.24) is 20.1 Å². The van der Waals surface area contributed by atoms with Gasteiger partial charge in [0.1, 0.15) is 5.01 Å². The molecule has 2 amide bonds. The Balaban J connectivity index is 1.81. The maximum atomic E-state index is 11.9. The van der Waals surface area contributed by atoms with Crippen LogP contribution >= 0.6 is 11.3 Å². The van der Waals surface area contributed by atoms with Crippen LogP contribution in [0.25, 0.3) is 0 Å². The number of aromatic nitrogens is 1. The highest BCUT2D eigenvalue weighted by Crippen LogP contribution is 2.22. The molecule has 1 aliphatic heterocycles. The third-order valence-electron chi connectivity index (χ3n) is 3.92. The van der Waals surface area contributed by atoms with Gasteiger partial charge in [0.25, 0.3) is 0 Å². The van der Waals surface area contributed by atoms with Gasteiger partial charge in [-0.3, -0.25) is 0 Å². The average Bonchev–Trinajstić information content (AvgIpc) is 2.96. The van der Waals surface area contributed by atoms with Gasteiger partial charge in [-0.1, -0.05) is 6.92 Å². The summed E-state index contributed by atoms with van der Waals surface area (Å²) >= 11 is 1.79. The molecule has 1 N–H and O–H groups in total. The predicted molar refractivity (Wildman–Crippen MR) is 86.7 cm³/mol. The minimum absolute atomic E-state index is 0.119. The SMILES string of the molecule is CCc1cnc(C(C)NC2CCN(C(=O)N(C)C)CC2)s1. The summed E-state index contributed by atoms with van der Waals surface area (Å²) in [6, 6.07) is 0.880. The molecule has 0 aliphatic carbocycles. The van der Waals surface area contributed by atoms with Crippen LogP contribution in [0, 0.1) is 0 Å². The average molecular weight is 310 g/mol. The van der Waals surface area contributed by atoms with Gasteiger partial charge in [0.05, 0.1) is 6.04 Å². The van der Waals surface area contributed by atoms with Gasteiger partial charge in [0, 0.05) is 44.3 Å². The summed E-state index contributed by atoms with van der Waals surface area (Å²) in [6.45, 7) is 6.00. The van der Waals surface area contributed by atoms with Gasteiger partial charge in [0.2, 0.25) is 0 Å². The number of rotatable bonds is 4. The summed E-state index contributed by atoms with van der Waals surface area (Å²) in [5, 5.41) is 4.82. The fraction of sp³-hybridized carbons (Fsp3) is 0.733. The molecule has 5 nitrogen and oxygen atoms in total. The van der Waals surface area contributed by atoms with Crippen LogP contribution in [-0.4, -0.2) is 54.0 Å². The Morgan fingerprint density at radius 2 is 2.19 bits per heavy atom. The minimum Gasteiger partial charge on any atom is -0.331 e. The Labute approximate surface area is 131 Å². The summed E-state index contributed by atoms with van der Waals surface area (Å²) in [4.78, 5) is 21.3. The standard InChI is InChI=1S/C15H26N4OS/c1-5-13-10-16-14(21-13)11(2)17-12-6-8-19(9-7-12)15(20)18(3)4/h10-12,17H,5-9H2,1-4H3. The third kappa shape index (κ3) is 4.17. The van der Waals surface area contributed by atoms with Gasteiger partial charge in [-0.05, 0) is 26.2 Å². The van der Waals surface area contributed by atoms with E-state index in [0.717, 1.165) is 32.4 Å². The number of carbonyl (C=O) groups excluding carboxylic acids is 1. The highest BCUT2D eigenvalue weighted by molar-refractivity contribution is 7.11. The normalized spacial score (nSPS) is 17.8. The third-order valence-corrected chi connectivity index (χ3v) is 5.25. The van der Waals surface area contributed by atoms with E-state index < -0.39 is 0 Å². The van der Waals surface area contributed by atoms with Crippen LogP contribution in [0.3, 0.4) is 0 Å². The van der Waals surface area contributed by atoms with Crippen molar-refractivity contribution in [3.63, 3.8) is 0 Å². The van der Waals surface area contributed by atoms with Crippen molar-refractivity contribution in [2.24, 2.45) is 0 Å². The summed E-state index contributed by atoms with van der Waals surface area (Å²) in [7, 11) is 3.62. The fourth-order valence-electron chi connectivity index (χ4n) is 2.63. The summed E-state index contributed by atoms with van der Waals surface area (Å²) < 4.78 is 0. The van der Waals surface area contributed by atoms with Gasteiger partial charge >= 0.3 is 6.03 Å². The van der Waals surface area contributed by atoms with E-state index >= 15 is 0 Å². The number of aryl methyl sites for hydroxylation is 1. The summed E-state index contributed by atoms with van der Waals surface area (Å²) in [6.07, 6.45) is 5.05. The second kappa shape index (κ2) is 7.22. The lowest BCUT2D eigenvalue weighted by molar-refractivity contribution is 0.151. The number of likely N-dealkylation sites (tertiary alicyclic amines) is 1. The van der Waals surface area contributed by atoms with Crippen molar-refractivity contribution < 1.29 is 4.79 Å². The largest absolute Gasteiger partial charge is 0.331 e. The highest BCUT2D eigenvalue weighted by atomic mass is 32.1. The van der Waals surface area contributed by atoms with Crippen molar-refractivity contribution in [2.75, 3.05) is 27.2 Å². The van der Waals surface area contributed by atoms with Crippen LogP contribution < -0.4 is 5.32 Å². The molecule has 2 heterocycles. The van der Waals surface area contributed by atoms with Gasteiger partial charge in [-0.15, -0.1) is 11.3 Å². The molecule has 0 radical (unpaired) electrons. The number of nitrogens with zero attached hydrogens (tertiary/aromatic N) is 3. The predicted octanol–water partition coefficient (Wildman–Crippen LogP) is 2.50. The molecular weight excluding hydrogens is 284 g/mol. The molecule has 1 aromatic heterocycles. The topological polar surface area (TPSA) is 48.5 Å². The van der Waals surface area contributed by atoms with E-state index in [0.29, 0.717) is 6.04 Å². The molecule has 21 heavy (non-hydrogen) atoms. The van der Waals surface area contributed by atoms with Crippen LogP contribution in [0.15, 0.2) is 6.20 Å². The van der Waals surface area contributed by atoms with E-state index in [1.807, 2.05) is 25.2 Å². The van der Waals surface area contributed by atoms with Crippen molar-refractivity contribution >= 4 is 17.4 Å². The number of carbonyl (C=O) groups is 1. The first kappa shape index (κ1) is 16.2. The number of hydrogen-bond acceptors (Lipinski definition) is 4. The molecule has 1 unspecified atom stereocenters. The number of thiazole rings is 1. The van der Waals surface area contributed by atoms with Crippen LogP contribution in [0.1, 0.15) is 42.6 Å². The number of hydrogen-bond donors (Lipinski definition) is 1. The van der Waals surface area contributed by atoms with Gasteiger partial charge < -0.3 is 15.1 Å². The Kier molecular flexibility index (Phi) is 5.58.